The lowest BCUT2D eigenvalue weighted by molar-refractivity contribution is 0.267. The largest absolute Gasteiger partial charge is 0.335 e. The molecule has 0 amide bonds. The van der Waals surface area contributed by atoms with Crippen LogP contribution in [0.5, 0.6) is 0 Å². The SMILES string of the molecule is CS(=O)(=O)NCC1CCCN(S(=O)(=O)c2cnc[nH]2)C1. The maximum atomic E-state index is 12.3. The molecule has 114 valence electrons. The lowest BCUT2D eigenvalue weighted by Gasteiger charge is -2.31. The van der Waals surface area contributed by atoms with E-state index in [4.69, 9.17) is 0 Å². The third-order valence-electron chi connectivity index (χ3n) is 3.21. The zero-order valence-electron chi connectivity index (χ0n) is 11.1. The van der Waals surface area contributed by atoms with Crippen molar-refractivity contribution in [3.63, 3.8) is 0 Å². The Morgan fingerprint density at radius 2 is 2.20 bits per heavy atom. The molecule has 1 saturated heterocycles. The number of sulfonamides is 2. The van der Waals surface area contributed by atoms with Crippen molar-refractivity contribution >= 4 is 20.0 Å². The number of imidazole rings is 1. The number of H-pyrrole nitrogens is 1. The molecule has 2 rings (SSSR count). The minimum Gasteiger partial charge on any atom is -0.335 e. The van der Waals surface area contributed by atoms with Gasteiger partial charge in [0.15, 0.2) is 5.03 Å². The molecule has 1 aromatic heterocycles. The highest BCUT2D eigenvalue weighted by molar-refractivity contribution is 7.89. The standard InChI is InChI=1S/C10H18N4O4S2/c1-19(15,16)13-5-9-3-2-4-14(7-9)20(17,18)10-6-11-8-12-10/h6,8-9,13H,2-5,7H2,1H3,(H,11,12). The second-order valence-corrected chi connectivity index (χ2v) is 8.65. The highest BCUT2D eigenvalue weighted by Crippen LogP contribution is 2.22. The summed E-state index contributed by atoms with van der Waals surface area (Å²) in [6, 6.07) is 0. The third kappa shape index (κ3) is 3.78. The van der Waals surface area contributed by atoms with Gasteiger partial charge in [-0.25, -0.2) is 26.5 Å². The van der Waals surface area contributed by atoms with E-state index in [0.29, 0.717) is 19.5 Å². The highest BCUT2D eigenvalue weighted by Gasteiger charge is 2.31. The van der Waals surface area contributed by atoms with Gasteiger partial charge in [-0.1, -0.05) is 0 Å². The number of hydrogen-bond donors (Lipinski definition) is 2. The summed E-state index contributed by atoms with van der Waals surface area (Å²) in [7, 11) is -6.82. The van der Waals surface area contributed by atoms with Crippen LogP contribution in [0.1, 0.15) is 12.8 Å². The van der Waals surface area contributed by atoms with Crippen LogP contribution in [0.15, 0.2) is 17.6 Å². The number of hydrogen-bond acceptors (Lipinski definition) is 5. The Hall–Kier alpha value is -0.970. The average Bonchev–Trinajstić information content (AvgIpc) is 2.90. The van der Waals surface area contributed by atoms with Crippen LogP contribution < -0.4 is 4.72 Å². The first-order chi connectivity index (χ1) is 9.29. The lowest BCUT2D eigenvalue weighted by atomic mass is 10.0. The Kier molecular flexibility index (Phi) is 4.47. The molecular weight excluding hydrogens is 304 g/mol. The van der Waals surface area contributed by atoms with Crippen molar-refractivity contribution in [3.8, 4) is 0 Å². The van der Waals surface area contributed by atoms with Gasteiger partial charge in [0, 0.05) is 19.6 Å². The molecule has 2 N–H and O–H groups in total. The van der Waals surface area contributed by atoms with E-state index < -0.39 is 20.0 Å². The van der Waals surface area contributed by atoms with Crippen molar-refractivity contribution in [1.29, 1.82) is 0 Å². The van der Waals surface area contributed by atoms with E-state index in [-0.39, 0.29) is 17.5 Å². The predicted octanol–water partition coefficient (Wildman–Crippen LogP) is -0.640. The molecule has 0 saturated carbocycles. The van der Waals surface area contributed by atoms with Gasteiger partial charge in [0.25, 0.3) is 10.0 Å². The number of aromatic amines is 1. The monoisotopic (exact) mass is 322 g/mol. The first-order valence-corrected chi connectivity index (χ1v) is 9.55. The molecule has 1 atom stereocenters. The summed E-state index contributed by atoms with van der Waals surface area (Å²) >= 11 is 0. The first-order valence-electron chi connectivity index (χ1n) is 6.22. The van der Waals surface area contributed by atoms with Gasteiger partial charge in [-0.3, -0.25) is 0 Å². The fourth-order valence-corrected chi connectivity index (χ4v) is 4.19. The van der Waals surface area contributed by atoms with E-state index in [0.717, 1.165) is 12.7 Å². The van der Waals surface area contributed by atoms with Gasteiger partial charge < -0.3 is 4.98 Å². The van der Waals surface area contributed by atoms with Crippen molar-refractivity contribution < 1.29 is 16.8 Å². The molecule has 20 heavy (non-hydrogen) atoms. The highest BCUT2D eigenvalue weighted by atomic mass is 32.2. The van der Waals surface area contributed by atoms with Gasteiger partial charge in [-0.2, -0.15) is 4.31 Å². The Bertz CT molecular complexity index is 639. The number of nitrogens with one attached hydrogen (secondary N) is 2. The van der Waals surface area contributed by atoms with Gasteiger partial charge in [0.1, 0.15) is 0 Å². The Morgan fingerprint density at radius 3 is 2.80 bits per heavy atom. The summed E-state index contributed by atoms with van der Waals surface area (Å²) in [4.78, 5) is 6.31. The molecule has 1 aliphatic rings. The lowest BCUT2D eigenvalue weighted by Crippen LogP contribution is -2.43. The Labute approximate surface area is 118 Å². The molecule has 1 fully saturated rings. The number of rotatable bonds is 5. The van der Waals surface area contributed by atoms with Gasteiger partial charge in [-0.15, -0.1) is 0 Å². The number of piperidine rings is 1. The van der Waals surface area contributed by atoms with Crippen LogP contribution in [-0.2, 0) is 20.0 Å². The smallest absolute Gasteiger partial charge is 0.260 e. The van der Waals surface area contributed by atoms with Gasteiger partial charge in [0.2, 0.25) is 10.0 Å². The van der Waals surface area contributed by atoms with Crippen molar-refractivity contribution in [2.24, 2.45) is 5.92 Å². The Balaban J connectivity index is 2.04. The molecule has 10 heteroatoms. The van der Waals surface area contributed by atoms with E-state index >= 15 is 0 Å². The quantitative estimate of drug-likeness (QED) is 0.749. The predicted molar refractivity (Wildman–Crippen MR) is 72.9 cm³/mol. The van der Waals surface area contributed by atoms with Gasteiger partial charge in [-0.05, 0) is 18.8 Å². The van der Waals surface area contributed by atoms with Crippen LogP contribution in [0.2, 0.25) is 0 Å². The third-order valence-corrected chi connectivity index (χ3v) is 5.69. The van der Waals surface area contributed by atoms with Gasteiger partial charge >= 0.3 is 0 Å². The maximum absolute atomic E-state index is 12.3. The van der Waals surface area contributed by atoms with Crippen LogP contribution in [-0.4, -0.2) is 57.0 Å². The second kappa shape index (κ2) is 5.80. The summed E-state index contributed by atoms with van der Waals surface area (Å²) < 4.78 is 50.6. The average molecular weight is 322 g/mol. The fourth-order valence-electron chi connectivity index (χ4n) is 2.20. The Morgan fingerprint density at radius 1 is 1.45 bits per heavy atom. The summed E-state index contributed by atoms with van der Waals surface area (Å²) in [6.45, 7) is 1.01. The minimum atomic E-state index is -3.57. The van der Waals surface area contributed by atoms with Crippen LogP contribution in [0.3, 0.4) is 0 Å². The normalized spacial score (nSPS) is 21.9. The summed E-state index contributed by atoms with van der Waals surface area (Å²) in [6.07, 6.45) is 5.20. The van der Waals surface area contributed by atoms with Crippen LogP contribution in [0.25, 0.3) is 0 Å². The topological polar surface area (TPSA) is 112 Å². The zero-order chi connectivity index (χ0) is 14.8. The number of aromatic nitrogens is 2. The van der Waals surface area contributed by atoms with Crippen LogP contribution >= 0.6 is 0 Å². The van der Waals surface area contributed by atoms with Crippen molar-refractivity contribution in [1.82, 2.24) is 19.0 Å². The molecule has 1 unspecified atom stereocenters. The second-order valence-electron chi connectivity index (χ2n) is 4.91. The molecule has 0 radical (unpaired) electrons. The number of nitrogens with zero attached hydrogens (tertiary/aromatic N) is 2. The molecule has 0 spiro atoms. The van der Waals surface area contributed by atoms with E-state index in [1.54, 1.807) is 0 Å². The van der Waals surface area contributed by atoms with Crippen LogP contribution in [0, 0.1) is 5.92 Å². The first kappa shape index (κ1) is 15.4. The van der Waals surface area contributed by atoms with Crippen LogP contribution in [0.4, 0.5) is 0 Å². The summed E-state index contributed by atoms with van der Waals surface area (Å²) in [5.74, 6) is -0.0174. The van der Waals surface area contributed by atoms with Crippen molar-refractivity contribution in [3.05, 3.63) is 12.5 Å². The molecule has 0 bridgehead atoms. The van der Waals surface area contributed by atoms with Crippen molar-refractivity contribution in [2.45, 2.75) is 17.9 Å². The van der Waals surface area contributed by atoms with E-state index in [1.165, 1.54) is 16.8 Å². The summed E-state index contributed by atoms with van der Waals surface area (Å²) in [5, 5.41) is 0.0641. The van der Waals surface area contributed by atoms with E-state index in [2.05, 4.69) is 14.7 Å². The van der Waals surface area contributed by atoms with E-state index in [1.807, 2.05) is 0 Å². The fraction of sp³-hybridized carbons (Fsp3) is 0.700. The molecule has 1 aromatic rings. The molecule has 0 aromatic carbocycles. The molecule has 1 aliphatic heterocycles. The zero-order valence-corrected chi connectivity index (χ0v) is 12.7. The van der Waals surface area contributed by atoms with Crippen molar-refractivity contribution in [2.75, 3.05) is 25.9 Å². The summed E-state index contributed by atoms with van der Waals surface area (Å²) in [5.41, 5.74) is 0. The molecule has 2 heterocycles. The minimum absolute atomic E-state index is 0.0174. The molecule has 0 aliphatic carbocycles. The van der Waals surface area contributed by atoms with Gasteiger partial charge in [0.05, 0.1) is 18.8 Å². The van der Waals surface area contributed by atoms with E-state index in [9.17, 15) is 16.8 Å². The molecule has 8 nitrogen and oxygen atoms in total. The maximum Gasteiger partial charge on any atom is 0.260 e. The molecular formula is C10H18N4O4S2.